The third-order valence-electron chi connectivity index (χ3n) is 1.87. The molecule has 1 rings (SSSR count). The fourth-order valence-corrected chi connectivity index (χ4v) is 2.17. The maximum atomic E-state index is 11.4. The maximum absolute atomic E-state index is 11.4. The molecule has 0 amide bonds. The Morgan fingerprint density at radius 2 is 2.07 bits per heavy atom. The normalized spacial score (nSPS) is 10.6. The molecule has 0 aromatic carbocycles. The molecule has 0 saturated heterocycles. The topological polar surface area (TPSA) is 53.8 Å². The van der Waals surface area contributed by atoms with Crippen LogP contribution in [-0.4, -0.2) is 17.3 Å². The second-order valence-corrected chi connectivity index (χ2v) is 4.80. The minimum absolute atomic E-state index is 0.394. The van der Waals surface area contributed by atoms with Crippen LogP contribution in [0.5, 0.6) is 0 Å². The highest BCUT2D eigenvalue weighted by molar-refractivity contribution is 7.44. The predicted molar refractivity (Wildman–Crippen MR) is 55.5 cm³/mol. The lowest BCUT2D eigenvalue weighted by molar-refractivity contribution is 0.587. The molecular weight excluding hydrogens is 195 g/mol. The lowest BCUT2D eigenvalue weighted by Crippen LogP contribution is -1.90. The highest BCUT2D eigenvalue weighted by Crippen LogP contribution is 2.22. The Morgan fingerprint density at radius 1 is 1.36 bits per heavy atom. The van der Waals surface area contributed by atoms with Crippen LogP contribution >= 0.6 is 7.80 Å². The molecule has 14 heavy (non-hydrogen) atoms. The number of pyridine rings is 1. The number of aromatic nitrogens is 1. The van der Waals surface area contributed by atoms with Crippen molar-refractivity contribution >= 4 is 7.80 Å². The van der Waals surface area contributed by atoms with E-state index < -0.39 is 7.80 Å². The van der Waals surface area contributed by atoms with Gasteiger partial charge in [0.25, 0.3) is 0 Å². The van der Waals surface area contributed by atoms with E-state index in [1.54, 1.807) is 12.4 Å². The van der Waals surface area contributed by atoms with Gasteiger partial charge in [0.1, 0.15) is 6.16 Å². The summed E-state index contributed by atoms with van der Waals surface area (Å²) in [6, 6.07) is 5.85. The summed E-state index contributed by atoms with van der Waals surface area (Å²) in [6.45, 7) is 0. The van der Waals surface area contributed by atoms with Gasteiger partial charge in [-0.05, 0) is 17.7 Å². The van der Waals surface area contributed by atoms with E-state index in [1.165, 1.54) is 0 Å². The molecule has 0 aliphatic carbocycles. The molecule has 0 bridgehead atoms. The third kappa shape index (κ3) is 4.11. The summed E-state index contributed by atoms with van der Waals surface area (Å²) in [5.74, 6) is 0. The first-order valence-corrected chi connectivity index (χ1v) is 6.14. The molecule has 1 heterocycles. The van der Waals surface area contributed by atoms with Gasteiger partial charge >= 0.3 is 7.80 Å². The van der Waals surface area contributed by atoms with Crippen molar-refractivity contribution in [3.05, 3.63) is 30.1 Å². The first-order chi connectivity index (χ1) is 6.83. The smallest absolute Gasteiger partial charge is 0.265 e. The molecule has 0 spiro atoms. The van der Waals surface area contributed by atoms with Gasteiger partial charge in [-0.25, -0.2) is 0 Å². The number of nitrogens with zero attached hydrogens (tertiary/aromatic N) is 2. The Kier molecular flexibility index (Phi) is 4.82. The second-order valence-electron chi connectivity index (χ2n) is 2.94. The average Bonchev–Trinajstić information content (AvgIpc) is 2.25. The molecule has 0 N–H and O–H groups in total. The van der Waals surface area contributed by atoms with Crippen molar-refractivity contribution in [3.63, 3.8) is 0 Å². The van der Waals surface area contributed by atoms with Crippen molar-refractivity contribution in [2.24, 2.45) is 0 Å². The van der Waals surface area contributed by atoms with Crippen LogP contribution in [-0.2, 0) is 11.0 Å². The first kappa shape index (κ1) is 10.8. The molecule has 1 unspecified atom stereocenters. The SMILES string of the molecule is N#CCC[P+](=O)CCc1ccncc1. The van der Waals surface area contributed by atoms with E-state index in [0.29, 0.717) is 18.7 Å². The van der Waals surface area contributed by atoms with Crippen LogP contribution in [0.2, 0.25) is 0 Å². The van der Waals surface area contributed by atoms with E-state index in [2.05, 4.69) is 4.98 Å². The van der Waals surface area contributed by atoms with Crippen molar-refractivity contribution in [1.29, 1.82) is 5.26 Å². The zero-order chi connectivity index (χ0) is 10.2. The third-order valence-corrected chi connectivity index (χ3v) is 3.32. The monoisotopic (exact) mass is 207 g/mol. The molecule has 0 fully saturated rings. The van der Waals surface area contributed by atoms with Gasteiger partial charge in [-0.15, -0.1) is 0 Å². The largest absolute Gasteiger partial charge is 0.340 e. The summed E-state index contributed by atoms with van der Waals surface area (Å²) in [7, 11) is -1.20. The van der Waals surface area contributed by atoms with Crippen LogP contribution in [0.1, 0.15) is 12.0 Å². The van der Waals surface area contributed by atoms with Gasteiger partial charge < -0.3 is 0 Å². The molecule has 0 aliphatic rings. The molecule has 4 heteroatoms. The Bertz CT molecular complexity index is 332. The molecule has 1 atom stereocenters. The summed E-state index contributed by atoms with van der Waals surface area (Å²) in [4.78, 5) is 3.91. The van der Waals surface area contributed by atoms with E-state index in [1.807, 2.05) is 18.2 Å². The van der Waals surface area contributed by atoms with Gasteiger partial charge in [0.05, 0.1) is 12.5 Å². The van der Waals surface area contributed by atoms with Crippen molar-refractivity contribution in [2.45, 2.75) is 12.8 Å². The molecule has 0 radical (unpaired) electrons. The standard InChI is InChI=1S/C10H12N2OP/c11-5-1-8-14(13)9-4-10-2-6-12-7-3-10/h2-3,6-7H,1,4,8-9H2/q+1. The number of rotatable bonds is 5. The minimum Gasteiger partial charge on any atom is -0.265 e. The van der Waals surface area contributed by atoms with E-state index in [9.17, 15) is 4.57 Å². The molecule has 72 valence electrons. The summed E-state index contributed by atoms with van der Waals surface area (Å²) in [5.41, 5.74) is 1.15. The summed E-state index contributed by atoms with van der Waals surface area (Å²) >= 11 is 0. The van der Waals surface area contributed by atoms with Crippen molar-refractivity contribution in [2.75, 3.05) is 12.3 Å². The average molecular weight is 207 g/mol. The van der Waals surface area contributed by atoms with Crippen molar-refractivity contribution in [1.82, 2.24) is 4.98 Å². The van der Waals surface area contributed by atoms with Gasteiger partial charge in [0.2, 0.25) is 0 Å². The number of aryl methyl sites for hydroxylation is 1. The summed E-state index contributed by atoms with van der Waals surface area (Å²) < 4.78 is 11.4. The lowest BCUT2D eigenvalue weighted by Gasteiger charge is -1.92. The molecule has 0 saturated carbocycles. The van der Waals surface area contributed by atoms with Crippen molar-refractivity contribution in [3.8, 4) is 6.07 Å². The lowest BCUT2D eigenvalue weighted by atomic mass is 10.2. The quantitative estimate of drug-likeness (QED) is 0.696. The first-order valence-electron chi connectivity index (χ1n) is 4.51. The minimum atomic E-state index is -1.20. The highest BCUT2D eigenvalue weighted by atomic mass is 31.1. The van der Waals surface area contributed by atoms with Crippen LogP contribution in [0.15, 0.2) is 24.5 Å². The predicted octanol–water partition coefficient (Wildman–Crippen LogP) is 2.37. The van der Waals surface area contributed by atoms with Crippen LogP contribution in [0.4, 0.5) is 0 Å². The second kappa shape index (κ2) is 6.23. The maximum Gasteiger partial charge on any atom is 0.340 e. The van der Waals surface area contributed by atoms with Crippen LogP contribution in [0.3, 0.4) is 0 Å². The zero-order valence-electron chi connectivity index (χ0n) is 7.89. The summed E-state index contributed by atoms with van der Waals surface area (Å²) in [5, 5.41) is 8.31. The van der Waals surface area contributed by atoms with Gasteiger partial charge in [-0.1, -0.05) is 4.57 Å². The number of hydrogen-bond acceptors (Lipinski definition) is 3. The fraction of sp³-hybridized carbons (Fsp3) is 0.400. The molecule has 1 aromatic heterocycles. The van der Waals surface area contributed by atoms with Crippen LogP contribution in [0, 0.1) is 11.3 Å². The van der Waals surface area contributed by atoms with Gasteiger partial charge in [0, 0.05) is 18.8 Å². The van der Waals surface area contributed by atoms with E-state index in [0.717, 1.165) is 12.0 Å². The van der Waals surface area contributed by atoms with Gasteiger partial charge in [-0.3, -0.25) is 4.98 Å². The van der Waals surface area contributed by atoms with E-state index in [-0.39, 0.29) is 0 Å². The number of nitriles is 1. The molecule has 0 aliphatic heterocycles. The number of hydrogen-bond donors (Lipinski definition) is 0. The Balaban J connectivity index is 2.28. The van der Waals surface area contributed by atoms with E-state index in [4.69, 9.17) is 5.26 Å². The van der Waals surface area contributed by atoms with Crippen LogP contribution in [0.25, 0.3) is 0 Å². The van der Waals surface area contributed by atoms with Gasteiger partial charge in [-0.2, -0.15) is 5.26 Å². The van der Waals surface area contributed by atoms with Gasteiger partial charge in [0.15, 0.2) is 6.16 Å². The van der Waals surface area contributed by atoms with Crippen LogP contribution < -0.4 is 0 Å². The fourth-order valence-electron chi connectivity index (χ4n) is 1.09. The highest BCUT2D eigenvalue weighted by Gasteiger charge is 2.13. The molecular formula is C10H12N2OP+. The summed E-state index contributed by atoms with van der Waals surface area (Å²) in [6.07, 6.45) is 5.86. The molecule has 3 nitrogen and oxygen atoms in total. The van der Waals surface area contributed by atoms with Crippen molar-refractivity contribution < 1.29 is 4.57 Å². The zero-order valence-corrected chi connectivity index (χ0v) is 8.78. The Labute approximate surface area is 84.6 Å². The Hall–Kier alpha value is -1.26. The van der Waals surface area contributed by atoms with E-state index >= 15 is 0 Å². The molecule has 1 aromatic rings. The Morgan fingerprint density at radius 3 is 2.71 bits per heavy atom.